The smallest absolute Gasteiger partial charge is 0.225 e. The Balaban J connectivity index is 1.44. The average Bonchev–Trinajstić information content (AvgIpc) is 2.86. The van der Waals surface area contributed by atoms with Gasteiger partial charge >= 0.3 is 0 Å². The van der Waals surface area contributed by atoms with Crippen molar-refractivity contribution in [2.45, 2.75) is 18.9 Å². The van der Waals surface area contributed by atoms with Crippen LogP contribution in [-0.4, -0.2) is 46.3 Å². The molecule has 1 fully saturated rings. The Labute approximate surface area is 202 Å². The van der Waals surface area contributed by atoms with Gasteiger partial charge in [-0.25, -0.2) is 9.97 Å². The zero-order chi connectivity index (χ0) is 23.7. The molecule has 1 saturated heterocycles. The van der Waals surface area contributed by atoms with Crippen molar-refractivity contribution in [1.82, 2.24) is 15.0 Å². The van der Waals surface area contributed by atoms with Crippen molar-refractivity contribution < 1.29 is 9.84 Å². The Morgan fingerprint density at radius 3 is 2.62 bits per heavy atom. The number of ether oxygens (including phenoxy) is 1. The Morgan fingerprint density at radius 2 is 1.88 bits per heavy atom. The molecule has 1 aliphatic rings. The number of rotatable bonds is 5. The van der Waals surface area contributed by atoms with E-state index in [9.17, 15) is 5.11 Å². The lowest BCUT2D eigenvalue weighted by atomic mass is 10.0. The number of nitrogens with zero attached hydrogens (tertiary/aromatic N) is 4. The summed E-state index contributed by atoms with van der Waals surface area (Å²) in [4.78, 5) is 15.7. The highest BCUT2D eigenvalue weighted by atomic mass is 35.5. The van der Waals surface area contributed by atoms with Crippen molar-refractivity contribution in [2.75, 3.05) is 30.4 Å². The number of benzene rings is 2. The molecule has 4 aromatic rings. The minimum Gasteiger partial charge on any atom is -0.503 e. The van der Waals surface area contributed by atoms with Gasteiger partial charge in [0.1, 0.15) is 0 Å². The summed E-state index contributed by atoms with van der Waals surface area (Å²) in [5, 5.41) is 14.5. The molecule has 0 atom stereocenters. The Bertz CT molecular complexity index is 1320. The summed E-state index contributed by atoms with van der Waals surface area (Å²) in [6.07, 6.45) is 7.07. The first-order valence-electron chi connectivity index (χ1n) is 11.0. The number of halogens is 1. The molecule has 4 N–H and O–H groups in total. The number of fused-ring (bicyclic) bond motifs is 1. The summed E-state index contributed by atoms with van der Waals surface area (Å²) in [5.41, 5.74) is 10.0. The first-order chi connectivity index (χ1) is 16.5. The maximum absolute atomic E-state index is 10.1. The number of hydrogen-bond donors (Lipinski definition) is 3. The molecular formula is C25H24ClN6O2. The van der Waals surface area contributed by atoms with Gasteiger partial charge in [0, 0.05) is 36.8 Å². The number of pyridine rings is 1. The monoisotopic (exact) mass is 475 g/mol. The average molecular weight is 476 g/mol. The molecule has 1 radical (unpaired) electrons. The highest BCUT2D eigenvalue weighted by Crippen LogP contribution is 2.39. The summed E-state index contributed by atoms with van der Waals surface area (Å²) in [6.45, 7) is 1.73. The number of nitrogens with two attached hydrogens (primary N) is 1. The SMILES string of the molecule is COc1cc(-c2ccc3nc[c]c(Nc4cnc(N5CCC(N)CC5)nc4)c3c2)cc(Cl)c1O. The number of anilines is 3. The third-order valence-corrected chi connectivity index (χ3v) is 6.28. The number of phenolic OH excluding ortho intramolecular Hbond substituents is 1. The van der Waals surface area contributed by atoms with Crippen molar-refractivity contribution >= 4 is 39.8 Å². The van der Waals surface area contributed by atoms with E-state index in [0.29, 0.717) is 11.7 Å². The molecular weight excluding hydrogens is 452 g/mol. The second-order valence-electron chi connectivity index (χ2n) is 8.24. The van der Waals surface area contributed by atoms with E-state index < -0.39 is 0 Å². The van der Waals surface area contributed by atoms with Crippen LogP contribution in [0.5, 0.6) is 11.5 Å². The van der Waals surface area contributed by atoms with Crippen LogP contribution in [0.3, 0.4) is 0 Å². The molecule has 5 rings (SSSR count). The molecule has 0 unspecified atom stereocenters. The van der Waals surface area contributed by atoms with E-state index in [1.807, 2.05) is 18.2 Å². The second kappa shape index (κ2) is 9.32. The van der Waals surface area contributed by atoms with E-state index in [1.54, 1.807) is 30.7 Å². The highest BCUT2D eigenvalue weighted by Gasteiger charge is 2.18. The van der Waals surface area contributed by atoms with Crippen molar-refractivity contribution in [3.8, 4) is 22.6 Å². The summed E-state index contributed by atoms with van der Waals surface area (Å²) in [6, 6.07) is 12.8. The van der Waals surface area contributed by atoms with Crippen LogP contribution in [0, 0.1) is 6.07 Å². The standard InChI is InChI=1S/C25H24ClN6O2/c1-34-23-12-16(11-20(26)24(23)33)15-2-3-21-19(10-15)22(4-7-28-21)31-18-13-29-25(30-14-18)32-8-5-17(27)6-9-32/h2-3,7,10-14,17,33H,5-6,8-9,27H2,1H3,(H,28,31). The fourth-order valence-corrected chi connectivity index (χ4v) is 4.28. The number of nitrogens with one attached hydrogen (secondary N) is 1. The Hall–Kier alpha value is -3.62. The predicted octanol–water partition coefficient (Wildman–Crippen LogP) is 4.53. The molecule has 0 bridgehead atoms. The molecule has 8 nitrogen and oxygen atoms in total. The van der Waals surface area contributed by atoms with Crippen LogP contribution < -0.4 is 20.7 Å². The minimum absolute atomic E-state index is 0.0816. The molecule has 34 heavy (non-hydrogen) atoms. The maximum Gasteiger partial charge on any atom is 0.225 e. The van der Waals surface area contributed by atoms with Gasteiger partial charge in [0.25, 0.3) is 0 Å². The lowest BCUT2D eigenvalue weighted by molar-refractivity contribution is 0.374. The minimum atomic E-state index is -0.0816. The van der Waals surface area contributed by atoms with Gasteiger partial charge in [0.05, 0.1) is 41.4 Å². The first kappa shape index (κ1) is 22.2. The molecule has 0 amide bonds. The summed E-state index contributed by atoms with van der Waals surface area (Å²) >= 11 is 6.20. The molecule has 3 heterocycles. The van der Waals surface area contributed by atoms with Gasteiger partial charge in [-0.3, -0.25) is 4.98 Å². The maximum atomic E-state index is 10.1. The van der Waals surface area contributed by atoms with Crippen LogP contribution in [0.1, 0.15) is 12.8 Å². The molecule has 0 saturated carbocycles. The van der Waals surface area contributed by atoms with Crippen molar-refractivity contribution in [3.05, 3.63) is 60.0 Å². The molecule has 0 aliphatic carbocycles. The Morgan fingerprint density at radius 1 is 1.12 bits per heavy atom. The van der Waals surface area contributed by atoms with E-state index in [0.717, 1.165) is 59.3 Å². The number of phenols is 1. The number of hydrogen-bond acceptors (Lipinski definition) is 8. The lowest BCUT2D eigenvalue weighted by Crippen LogP contribution is -2.40. The van der Waals surface area contributed by atoms with E-state index in [4.69, 9.17) is 22.1 Å². The highest BCUT2D eigenvalue weighted by molar-refractivity contribution is 6.32. The summed E-state index contributed by atoms with van der Waals surface area (Å²) < 4.78 is 5.25. The van der Waals surface area contributed by atoms with Crippen molar-refractivity contribution in [2.24, 2.45) is 5.73 Å². The number of aromatic nitrogens is 3. The van der Waals surface area contributed by atoms with Gasteiger partial charge in [-0.1, -0.05) is 17.7 Å². The topological polar surface area (TPSA) is 109 Å². The van der Waals surface area contributed by atoms with Crippen molar-refractivity contribution in [3.63, 3.8) is 0 Å². The first-order valence-corrected chi connectivity index (χ1v) is 11.4. The quantitative estimate of drug-likeness (QED) is 0.386. The third-order valence-electron chi connectivity index (χ3n) is 5.99. The number of aromatic hydroxyl groups is 1. The fraction of sp³-hybridized carbons (Fsp3) is 0.240. The molecule has 9 heteroatoms. The molecule has 2 aromatic carbocycles. The van der Waals surface area contributed by atoms with Gasteiger partial charge in [-0.15, -0.1) is 0 Å². The van der Waals surface area contributed by atoms with Crippen LogP contribution >= 0.6 is 11.6 Å². The number of methoxy groups -OCH3 is 1. The zero-order valence-corrected chi connectivity index (χ0v) is 19.4. The fourth-order valence-electron chi connectivity index (χ4n) is 4.06. The van der Waals surface area contributed by atoms with Gasteiger partial charge in [0.15, 0.2) is 11.5 Å². The lowest BCUT2D eigenvalue weighted by Gasteiger charge is -2.30. The number of piperidine rings is 1. The van der Waals surface area contributed by atoms with Crippen LogP contribution in [0.25, 0.3) is 22.0 Å². The van der Waals surface area contributed by atoms with E-state index in [1.165, 1.54) is 7.11 Å². The molecule has 0 spiro atoms. The van der Waals surface area contributed by atoms with E-state index >= 15 is 0 Å². The second-order valence-corrected chi connectivity index (χ2v) is 8.65. The Kier molecular flexibility index (Phi) is 6.08. The van der Waals surface area contributed by atoms with E-state index in [-0.39, 0.29) is 16.8 Å². The normalized spacial score (nSPS) is 14.4. The molecule has 1 aliphatic heterocycles. The largest absolute Gasteiger partial charge is 0.503 e. The van der Waals surface area contributed by atoms with Gasteiger partial charge in [0.2, 0.25) is 5.95 Å². The molecule has 2 aromatic heterocycles. The van der Waals surface area contributed by atoms with Gasteiger partial charge in [-0.2, -0.15) is 0 Å². The summed E-state index contributed by atoms with van der Waals surface area (Å²) in [7, 11) is 1.49. The van der Waals surface area contributed by atoms with Crippen molar-refractivity contribution in [1.29, 1.82) is 0 Å². The molecule has 173 valence electrons. The summed E-state index contributed by atoms with van der Waals surface area (Å²) in [5.74, 6) is 0.940. The predicted molar refractivity (Wildman–Crippen MR) is 134 cm³/mol. The zero-order valence-electron chi connectivity index (χ0n) is 18.6. The van der Waals surface area contributed by atoms with Crippen LogP contribution in [0.15, 0.2) is 48.9 Å². The van der Waals surface area contributed by atoms with Crippen LogP contribution in [-0.2, 0) is 0 Å². The third kappa shape index (κ3) is 4.42. The van der Waals surface area contributed by atoms with Crippen LogP contribution in [0.4, 0.5) is 17.3 Å². The van der Waals surface area contributed by atoms with E-state index in [2.05, 4.69) is 31.2 Å². The van der Waals surface area contributed by atoms with Gasteiger partial charge in [-0.05, 0) is 48.2 Å². The van der Waals surface area contributed by atoms with Crippen LogP contribution in [0.2, 0.25) is 5.02 Å². The van der Waals surface area contributed by atoms with Gasteiger partial charge < -0.3 is 25.8 Å².